The van der Waals surface area contributed by atoms with Crippen molar-refractivity contribution in [2.45, 2.75) is 13.3 Å². The Hall–Kier alpha value is -2.53. The van der Waals surface area contributed by atoms with E-state index in [0.717, 1.165) is 0 Å². The van der Waals surface area contributed by atoms with Crippen molar-refractivity contribution in [3.05, 3.63) is 53.6 Å². The number of halogens is 1. The van der Waals surface area contributed by atoms with Gasteiger partial charge in [0.2, 0.25) is 11.8 Å². The van der Waals surface area contributed by atoms with Crippen LogP contribution in [-0.4, -0.2) is 25.0 Å². The molecule has 0 aliphatic carbocycles. The smallest absolute Gasteiger partial charge is 0.229 e. The number of nitrogens with one attached hydrogen (secondary N) is 1. The monoisotopic (exact) mass is 358 g/mol. The number of anilines is 2. The molecule has 1 heterocycles. The molecule has 0 spiro atoms. The fourth-order valence-electron chi connectivity index (χ4n) is 2.87. The van der Waals surface area contributed by atoms with Gasteiger partial charge in [0.15, 0.2) is 0 Å². The van der Waals surface area contributed by atoms with E-state index in [4.69, 9.17) is 16.3 Å². The average molecular weight is 359 g/mol. The number of hydrogen-bond donors (Lipinski definition) is 1. The number of amides is 2. The lowest BCUT2D eigenvalue weighted by Gasteiger charge is -2.18. The van der Waals surface area contributed by atoms with Crippen LogP contribution in [0.5, 0.6) is 5.75 Å². The van der Waals surface area contributed by atoms with Crippen LogP contribution in [0, 0.1) is 5.92 Å². The van der Waals surface area contributed by atoms with Crippen LogP contribution in [0.3, 0.4) is 0 Å². The summed E-state index contributed by atoms with van der Waals surface area (Å²) in [5.74, 6) is -0.120. The van der Waals surface area contributed by atoms with Crippen LogP contribution >= 0.6 is 11.6 Å². The van der Waals surface area contributed by atoms with Gasteiger partial charge in [-0.15, -0.1) is 0 Å². The molecule has 1 N–H and O–H groups in total. The molecule has 0 unspecified atom stereocenters. The first-order chi connectivity index (χ1) is 12.1. The van der Waals surface area contributed by atoms with Crippen LogP contribution in [0.1, 0.15) is 13.3 Å². The Morgan fingerprint density at radius 2 is 1.96 bits per heavy atom. The lowest BCUT2D eigenvalue weighted by Crippen LogP contribution is -2.28. The summed E-state index contributed by atoms with van der Waals surface area (Å²) in [4.78, 5) is 26.5. The summed E-state index contributed by atoms with van der Waals surface area (Å²) in [5, 5.41) is 3.37. The predicted octanol–water partition coefficient (Wildman–Crippen LogP) is 3.73. The third-order valence-corrected chi connectivity index (χ3v) is 4.40. The number of nitrogens with zero attached hydrogens (tertiary/aromatic N) is 1. The number of rotatable bonds is 5. The summed E-state index contributed by atoms with van der Waals surface area (Å²) < 4.78 is 5.52. The van der Waals surface area contributed by atoms with Crippen LogP contribution in [0.4, 0.5) is 11.4 Å². The molecule has 1 atom stereocenters. The van der Waals surface area contributed by atoms with Crippen molar-refractivity contribution in [2.75, 3.05) is 23.4 Å². The van der Waals surface area contributed by atoms with Crippen molar-refractivity contribution in [3.63, 3.8) is 0 Å². The Morgan fingerprint density at radius 1 is 1.24 bits per heavy atom. The summed E-state index contributed by atoms with van der Waals surface area (Å²) in [6.07, 6.45) is 0.161. The topological polar surface area (TPSA) is 58.6 Å². The Balaban J connectivity index is 1.72. The number of ether oxygens (including phenoxy) is 1. The van der Waals surface area contributed by atoms with Crippen molar-refractivity contribution in [1.82, 2.24) is 0 Å². The predicted molar refractivity (Wildman–Crippen MR) is 98.2 cm³/mol. The number of carbonyl (C=O) groups is 2. The maximum Gasteiger partial charge on any atom is 0.229 e. The third kappa shape index (κ3) is 3.77. The molecule has 3 rings (SSSR count). The summed E-state index contributed by atoms with van der Waals surface area (Å²) in [5.41, 5.74) is 1.25. The van der Waals surface area contributed by atoms with E-state index < -0.39 is 5.92 Å². The fourth-order valence-corrected chi connectivity index (χ4v) is 3.11. The third-order valence-electron chi connectivity index (χ3n) is 4.08. The molecule has 6 heteroatoms. The Kier molecular flexibility index (Phi) is 5.24. The maximum atomic E-state index is 12.6. The van der Waals surface area contributed by atoms with Crippen molar-refractivity contribution in [1.29, 1.82) is 0 Å². The molecule has 1 aliphatic rings. The Bertz CT molecular complexity index is 794. The lowest BCUT2D eigenvalue weighted by atomic mass is 10.1. The Labute approximate surface area is 151 Å². The van der Waals surface area contributed by atoms with E-state index >= 15 is 0 Å². The second-order valence-electron chi connectivity index (χ2n) is 5.78. The van der Waals surface area contributed by atoms with Crippen molar-refractivity contribution in [3.8, 4) is 5.75 Å². The highest BCUT2D eigenvalue weighted by Gasteiger charge is 2.36. The highest BCUT2D eigenvalue weighted by Crippen LogP contribution is 2.32. The molecule has 5 nitrogen and oxygen atoms in total. The minimum Gasteiger partial charge on any atom is -0.492 e. The van der Waals surface area contributed by atoms with Gasteiger partial charge in [-0.2, -0.15) is 0 Å². The van der Waals surface area contributed by atoms with E-state index in [1.807, 2.05) is 25.1 Å². The normalized spacial score (nSPS) is 16.8. The van der Waals surface area contributed by atoms with Crippen LogP contribution in [-0.2, 0) is 9.59 Å². The summed E-state index contributed by atoms with van der Waals surface area (Å²) in [6.45, 7) is 2.70. The van der Waals surface area contributed by atoms with Gasteiger partial charge in [-0.3, -0.25) is 9.59 Å². The standard InChI is InChI=1S/C19H19ClN2O3/c1-2-25-17-10-6-4-8-15(17)21-19(24)13-11-18(23)22(12-13)16-9-5-3-7-14(16)20/h3-10,13H,2,11-12H2,1H3,(H,21,24)/t13-/m0/s1. The number of carbonyl (C=O) groups excluding carboxylic acids is 2. The Morgan fingerprint density at radius 3 is 2.72 bits per heavy atom. The summed E-state index contributed by atoms with van der Waals surface area (Å²) in [7, 11) is 0. The minimum atomic E-state index is -0.432. The number of benzene rings is 2. The van der Waals surface area contributed by atoms with Gasteiger partial charge in [0.25, 0.3) is 0 Å². The van der Waals surface area contributed by atoms with Gasteiger partial charge >= 0.3 is 0 Å². The van der Waals surface area contributed by atoms with Crippen molar-refractivity contribution < 1.29 is 14.3 Å². The van der Waals surface area contributed by atoms with Crippen LogP contribution in [0.15, 0.2) is 48.5 Å². The first-order valence-corrected chi connectivity index (χ1v) is 8.55. The van der Waals surface area contributed by atoms with E-state index in [-0.39, 0.29) is 18.2 Å². The molecular formula is C19H19ClN2O3. The quantitative estimate of drug-likeness (QED) is 0.886. The van der Waals surface area contributed by atoms with E-state index in [1.165, 1.54) is 0 Å². The van der Waals surface area contributed by atoms with Gasteiger partial charge in [0, 0.05) is 13.0 Å². The first kappa shape index (κ1) is 17.3. The molecule has 2 aromatic rings. The zero-order valence-corrected chi connectivity index (χ0v) is 14.6. The van der Waals surface area contributed by atoms with E-state index in [1.54, 1.807) is 35.2 Å². The van der Waals surface area contributed by atoms with E-state index in [9.17, 15) is 9.59 Å². The van der Waals surface area contributed by atoms with E-state index in [0.29, 0.717) is 35.3 Å². The highest BCUT2D eigenvalue weighted by molar-refractivity contribution is 6.33. The molecule has 1 saturated heterocycles. The molecular weight excluding hydrogens is 340 g/mol. The van der Waals surface area contributed by atoms with Crippen LogP contribution in [0.2, 0.25) is 5.02 Å². The molecule has 0 aromatic heterocycles. The number of hydrogen-bond acceptors (Lipinski definition) is 3. The van der Waals surface area contributed by atoms with Gasteiger partial charge in [-0.25, -0.2) is 0 Å². The summed E-state index contributed by atoms with van der Waals surface area (Å²) in [6, 6.07) is 14.4. The number of para-hydroxylation sites is 3. The molecule has 130 valence electrons. The van der Waals surface area contributed by atoms with Gasteiger partial charge in [-0.1, -0.05) is 35.9 Å². The molecule has 1 fully saturated rings. The molecule has 25 heavy (non-hydrogen) atoms. The van der Waals surface area contributed by atoms with Gasteiger partial charge in [-0.05, 0) is 31.2 Å². The molecule has 0 saturated carbocycles. The van der Waals surface area contributed by atoms with Gasteiger partial charge in [0.05, 0.1) is 28.9 Å². The molecule has 2 amide bonds. The maximum absolute atomic E-state index is 12.6. The van der Waals surface area contributed by atoms with Crippen LogP contribution < -0.4 is 15.0 Å². The zero-order valence-electron chi connectivity index (χ0n) is 13.9. The van der Waals surface area contributed by atoms with Crippen molar-refractivity contribution in [2.24, 2.45) is 5.92 Å². The zero-order chi connectivity index (χ0) is 17.8. The average Bonchev–Trinajstić information content (AvgIpc) is 2.99. The molecule has 2 aromatic carbocycles. The van der Waals surface area contributed by atoms with Gasteiger partial charge < -0.3 is 15.0 Å². The van der Waals surface area contributed by atoms with Gasteiger partial charge in [0.1, 0.15) is 5.75 Å². The molecule has 0 radical (unpaired) electrons. The molecule has 0 bridgehead atoms. The fraction of sp³-hybridized carbons (Fsp3) is 0.263. The van der Waals surface area contributed by atoms with Crippen molar-refractivity contribution >= 4 is 34.8 Å². The van der Waals surface area contributed by atoms with E-state index in [2.05, 4.69) is 5.32 Å². The second-order valence-corrected chi connectivity index (χ2v) is 6.18. The molecule has 1 aliphatic heterocycles. The van der Waals surface area contributed by atoms with Crippen LogP contribution in [0.25, 0.3) is 0 Å². The lowest BCUT2D eigenvalue weighted by molar-refractivity contribution is -0.122. The second kappa shape index (κ2) is 7.57. The minimum absolute atomic E-state index is 0.105. The highest BCUT2D eigenvalue weighted by atomic mass is 35.5. The largest absolute Gasteiger partial charge is 0.492 e. The summed E-state index contributed by atoms with van der Waals surface area (Å²) >= 11 is 6.17. The SMILES string of the molecule is CCOc1ccccc1NC(=O)[C@H]1CC(=O)N(c2ccccc2Cl)C1. The first-order valence-electron chi connectivity index (χ1n) is 8.17.